The predicted octanol–water partition coefficient (Wildman–Crippen LogP) is 5.53. The molecule has 0 aliphatic carbocycles. The zero-order chi connectivity index (χ0) is 22.5. The van der Waals surface area contributed by atoms with Gasteiger partial charge in [-0.05, 0) is 36.5 Å². The molecule has 2 aromatic heterocycles. The normalized spacial score (nSPS) is 12.2. The zero-order valence-corrected chi connectivity index (χ0v) is 19.1. The Kier molecular flexibility index (Phi) is 7.51. The van der Waals surface area contributed by atoms with Crippen LogP contribution in [0.25, 0.3) is 5.78 Å². The highest BCUT2D eigenvalue weighted by Crippen LogP contribution is 2.28. The van der Waals surface area contributed by atoms with Crippen LogP contribution in [0.1, 0.15) is 50.7 Å². The summed E-state index contributed by atoms with van der Waals surface area (Å²) in [5.74, 6) is 0.511. The van der Waals surface area contributed by atoms with Crippen LogP contribution < -0.4 is 10.9 Å². The van der Waals surface area contributed by atoms with Gasteiger partial charge in [-0.25, -0.2) is 19.2 Å². The molecule has 164 valence electrons. The van der Waals surface area contributed by atoms with Gasteiger partial charge in [-0.15, -0.1) is 0 Å². The Balaban J connectivity index is 1.80. The summed E-state index contributed by atoms with van der Waals surface area (Å²) in [5.41, 5.74) is 1.35. The first-order valence-corrected chi connectivity index (χ1v) is 10.8. The lowest BCUT2D eigenvalue weighted by Gasteiger charge is -2.13. The van der Waals surface area contributed by atoms with E-state index < -0.39 is 6.09 Å². The second kappa shape index (κ2) is 10.1. The molecular formula is C22H24Cl2N4O3. The maximum Gasteiger partial charge on any atom is 0.411 e. The largest absolute Gasteiger partial charge is 0.449 e. The van der Waals surface area contributed by atoms with E-state index >= 15 is 0 Å². The standard InChI is InChI=1S/C22H24Cl2N4O3/c1-13(2)5-4-8-31-22(30)27-16-10-25-21-26-11-17(20(29)28(21)12-16)14(3)15-6-7-18(23)19(24)9-15/h6-7,9-14H,4-5,8H2,1-3H3,(H,27,30). The van der Waals surface area contributed by atoms with E-state index in [2.05, 4.69) is 29.1 Å². The van der Waals surface area contributed by atoms with Crippen LogP contribution in [0.3, 0.4) is 0 Å². The average Bonchev–Trinajstić information content (AvgIpc) is 2.73. The average molecular weight is 463 g/mol. The monoisotopic (exact) mass is 462 g/mol. The van der Waals surface area contributed by atoms with Crippen molar-refractivity contribution in [2.45, 2.75) is 39.5 Å². The molecule has 1 N–H and O–H groups in total. The minimum atomic E-state index is -0.591. The van der Waals surface area contributed by atoms with Crippen LogP contribution in [0, 0.1) is 5.92 Å². The fraction of sp³-hybridized carbons (Fsp3) is 0.364. The number of nitrogens with zero attached hydrogens (tertiary/aromatic N) is 3. The van der Waals surface area contributed by atoms with E-state index in [0.717, 1.165) is 18.4 Å². The van der Waals surface area contributed by atoms with Gasteiger partial charge in [0, 0.05) is 23.9 Å². The molecule has 1 amide bonds. The topological polar surface area (TPSA) is 85.6 Å². The van der Waals surface area contributed by atoms with Crippen molar-refractivity contribution >= 4 is 40.8 Å². The van der Waals surface area contributed by atoms with E-state index in [1.165, 1.54) is 23.0 Å². The number of nitrogens with one attached hydrogen (secondary N) is 1. The summed E-state index contributed by atoms with van der Waals surface area (Å²) in [4.78, 5) is 33.5. The first-order chi connectivity index (χ1) is 14.8. The number of hydrogen-bond acceptors (Lipinski definition) is 5. The Morgan fingerprint density at radius 3 is 2.61 bits per heavy atom. The molecule has 0 aliphatic rings. The number of fused-ring (bicyclic) bond motifs is 1. The van der Waals surface area contributed by atoms with Crippen LogP contribution in [0.2, 0.25) is 10.0 Å². The highest BCUT2D eigenvalue weighted by Gasteiger charge is 2.16. The highest BCUT2D eigenvalue weighted by atomic mass is 35.5. The molecule has 0 aliphatic heterocycles. The van der Waals surface area contributed by atoms with Crippen molar-refractivity contribution in [3.8, 4) is 0 Å². The molecule has 3 aromatic rings. The minimum Gasteiger partial charge on any atom is -0.449 e. The molecule has 0 radical (unpaired) electrons. The predicted molar refractivity (Wildman–Crippen MR) is 122 cm³/mol. The van der Waals surface area contributed by atoms with Gasteiger partial charge in [0.05, 0.1) is 28.5 Å². The SMILES string of the molecule is CC(C)CCCOC(=O)Nc1cnc2ncc(C(C)c3ccc(Cl)c(Cl)c3)c(=O)n2c1. The van der Waals surface area contributed by atoms with Gasteiger partial charge in [0.2, 0.25) is 5.78 Å². The van der Waals surface area contributed by atoms with Gasteiger partial charge in [0.1, 0.15) is 0 Å². The number of carbonyl (C=O) groups excluding carboxylic acids is 1. The van der Waals surface area contributed by atoms with Gasteiger partial charge in [0.25, 0.3) is 5.56 Å². The van der Waals surface area contributed by atoms with Crippen LogP contribution in [0.4, 0.5) is 10.5 Å². The quantitative estimate of drug-likeness (QED) is 0.466. The molecule has 0 fully saturated rings. The Bertz CT molecular complexity index is 1150. The summed E-state index contributed by atoms with van der Waals surface area (Å²) < 4.78 is 6.48. The van der Waals surface area contributed by atoms with Gasteiger partial charge in [-0.3, -0.25) is 10.1 Å². The number of carbonyl (C=O) groups is 1. The first kappa shape index (κ1) is 23.0. The third-order valence-electron chi connectivity index (χ3n) is 4.90. The number of rotatable bonds is 7. The second-order valence-corrected chi connectivity index (χ2v) is 8.54. The zero-order valence-electron chi connectivity index (χ0n) is 17.6. The second-order valence-electron chi connectivity index (χ2n) is 7.72. The summed E-state index contributed by atoms with van der Waals surface area (Å²) in [6, 6.07) is 5.24. The van der Waals surface area contributed by atoms with Gasteiger partial charge < -0.3 is 4.74 Å². The lowest BCUT2D eigenvalue weighted by molar-refractivity contribution is 0.158. The van der Waals surface area contributed by atoms with Gasteiger partial charge >= 0.3 is 6.09 Å². The number of anilines is 1. The molecular weight excluding hydrogens is 439 g/mol. The Morgan fingerprint density at radius 2 is 1.90 bits per heavy atom. The highest BCUT2D eigenvalue weighted by molar-refractivity contribution is 6.42. The van der Waals surface area contributed by atoms with E-state index in [0.29, 0.717) is 33.8 Å². The van der Waals surface area contributed by atoms with Gasteiger partial charge in [-0.1, -0.05) is 50.0 Å². The summed E-state index contributed by atoms with van der Waals surface area (Å²) >= 11 is 12.1. The molecule has 7 nitrogen and oxygen atoms in total. The van der Waals surface area contributed by atoms with E-state index in [1.54, 1.807) is 12.1 Å². The Hall–Kier alpha value is -2.64. The molecule has 1 atom stereocenters. The molecule has 0 saturated heterocycles. The van der Waals surface area contributed by atoms with E-state index in [4.69, 9.17) is 27.9 Å². The van der Waals surface area contributed by atoms with Crippen molar-refractivity contribution in [2.24, 2.45) is 5.92 Å². The third-order valence-corrected chi connectivity index (χ3v) is 5.64. The van der Waals surface area contributed by atoms with E-state index in [1.807, 2.05) is 13.0 Å². The maximum absolute atomic E-state index is 13.1. The first-order valence-electron chi connectivity index (χ1n) is 10.0. The Labute approximate surface area is 190 Å². The van der Waals surface area contributed by atoms with E-state index in [9.17, 15) is 9.59 Å². The molecule has 9 heteroatoms. The van der Waals surface area contributed by atoms with Crippen LogP contribution >= 0.6 is 23.2 Å². The number of benzene rings is 1. The van der Waals surface area contributed by atoms with E-state index in [-0.39, 0.29) is 17.3 Å². The fourth-order valence-corrected chi connectivity index (χ4v) is 3.43. The van der Waals surface area contributed by atoms with Crippen LogP contribution in [0.15, 0.2) is 41.6 Å². The van der Waals surface area contributed by atoms with Crippen LogP contribution in [0.5, 0.6) is 0 Å². The van der Waals surface area contributed by atoms with Crippen molar-refractivity contribution in [2.75, 3.05) is 11.9 Å². The lowest BCUT2D eigenvalue weighted by atomic mass is 9.95. The molecule has 1 aromatic carbocycles. The molecule has 0 saturated carbocycles. The number of amides is 1. The number of aromatic nitrogens is 3. The van der Waals surface area contributed by atoms with Crippen molar-refractivity contribution in [3.05, 3.63) is 68.3 Å². The Morgan fingerprint density at radius 1 is 1.16 bits per heavy atom. The fourth-order valence-electron chi connectivity index (χ4n) is 3.12. The summed E-state index contributed by atoms with van der Waals surface area (Å²) in [5, 5.41) is 3.46. The summed E-state index contributed by atoms with van der Waals surface area (Å²) in [6.45, 7) is 6.44. The summed E-state index contributed by atoms with van der Waals surface area (Å²) in [6.07, 6.45) is 5.60. The number of halogens is 2. The minimum absolute atomic E-state index is 0.228. The number of hydrogen-bond donors (Lipinski definition) is 1. The van der Waals surface area contributed by atoms with Crippen LogP contribution in [-0.4, -0.2) is 27.1 Å². The smallest absolute Gasteiger partial charge is 0.411 e. The van der Waals surface area contributed by atoms with Crippen molar-refractivity contribution in [3.63, 3.8) is 0 Å². The van der Waals surface area contributed by atoms with Gasteiger partial charge in [0.15, 0.2) is 0 Å². The lowest BCUT2D eigenvalue weighted by Crippen LogP contribution is -2.23. The van der Waals surface area contributed by atoms with Gasteiger partial charge in [-0.2, -0.15) is 0 Å². The molecule has 31 heavy (non-hydrogen) atoms. The van der Waals surface area contributed by atoms with Crippen molar-refractivity contribution in [1.82, 2.24) is 14.4 Å². The van der Waals surface area contributed by atoms with Crippen molar-refractivity contribution in [1.29, 1.82) is 0 Å². The third kappa shape index (κ3) is 5.74. The maximum atomic E-state index is 13.1. The molecule has 2 heterocycles. The van der Waals surface area contributed by atoms with Crippen LogP contribution in [-0.2, 0) is 4.74 Å². The number of ether oxygens (including phenoxy) is 1. The van der Waals surface area contributed by atoms with Crippen molar-refractivity contribution < 1.29 is 9.53 Å². The molecule has 0 spiro atoms. The molecule has 3 rings (SSSR count). The summed E-state index contributed by atoms with van der Waals surface area (Å²) in [7, 11) is 0. The molecule has 0 bridgehead atoms. The molecule has 1 unspecified atom stereocenters.